The highest BCUT2D eigenvalue weighted by Gasteiger charge is 2.12. The van der Waals surface area contributed by atoms with E-state index in [1.54, 1.807) is 32.9 Å². The lowest BCUT2D eigenvalue weighted by Crippen LogP contribution is -2.09. The molecule has 0 aliphatic rings. The third kappa shape index (κ3) is 15.3. The molecule has 0 fully saturated rings. The SMILES string of the molecule is O=C(CCSC(=S)SCc1ccccc1)OCCCn1cc(-c2cccc(-c3cn(CCCOC(=O)CCSC(=S)SCc4ccccc4)nn3)n2)nn1. The molecule has 0 aliphatic carbocycles. The number of aryl methyl sites for hydroxylation is 2. The van der Waals surface area contributed by atoms with Gasteiger partial charge in [-0.15, -0.1) is 57.2 Å². The zero-order valence-electron chi connectivity index (χ0n) is 29.4. The topological polar surface area (TPSA) is 127 Å². The molecule has 282 valence electrons. The fourth-order valence-electron chi connectivity index (χ4n) is 4.69. The first-order valence-corrected chi connectivity index (χ1v) is 21.9. The maximum absolute atomic E-state index is 12.2. The lowest BCUT2D eigenvalue weighted by atomic mass is 10.2. The van der Waals surface area contributed by atoms with Gasteiger partial charge in [-0.25, -0.2) is 4.98 Å². The summed E-state index contributed by atoms with van der Waals surface area (Å²) in [6, 6.07) is 25.9. The fourth-order valence-corrected chi connectivity index (χ4v) is 8.89. The number of hydrogen-bond donors (Lipinski definition) is 0. The van der Waals surface area contributed by atoms with Crippen molar-refractivity contribution in [2.45, 2.75) is 50.3 Å². The highest BCUT2D eigenvalue weighted by atomic mass is 32.2. The van der Waals surface area contributed by atoms with Crippen LogP contribution in [0.3, 0.4) is 0 Å². The van der Waals surface area contributed by atoms with Gasteiger partial charge in [-0.3, -0.25) is 19.0 Å². The Labute approximate surface area is 342 Å². The second-order valence-electron chi connectivity index (χ2n) is 11.5. The zero-order chi connectivity index (χ0) is 37.8. The van der Waals surface area contributed by atoms with Crippen LogP contribution in [0, 0.1) is 0 Å². The van der Waals surface area contributed by atoms with Crippen LogP contribution in [0.15, 0.2) is 91.3 Å². The summed E-state index contributed by atoms with van der Waals surface area (Å²) in [6.45, 7) is 1.67. The van der Waals surface area contributed by atoms with E-state index in [9.17, 15) is 9.59 Å². The average Bonchev–Trinajstić information content (AvgIpc) is 3.88. The van der Waals surface area contributed by atoms with Crippen molar-refractivity contribution >= 4 is 90.5 Å². The number of ether oxygens (including phenoxy) is 2. The number of thioether (sulfide) groups is 4. The summed E-state index contributed by atoms with van der Waals surface area (Å²) < 4.78 is 15.9. The third-order valence-corrected chi connectivity index (χ3v) is 12.9. The largest absolute Gasteiger partial charge is 0.466 e. The number of pyridine rings is 1. The van der Waals surface area contributed by atoms with Gasteiger partial charge >= 0.3 is 11.9 Å². The standard InChI is InChI=1S/C37H39N7O4S6/c45-34(16-22-51-36(49)53-26-28-10-3-1-4-11-28)47-20-8-18-43-24-32(39-41-43)30-14-7-15-31(38-30)33-25-44(42-40-33)19-9-21-48-35(46)17-23-52-37(50)54-27-29-12-5-2-6-13-29/h1-7,10-15,24-25H,8-9,16-23,26-27H2. The first-order valence-electron chi connectivity index (χ1n) is 17.2. The summed E-state index contributed by atoms with van der Waals surface area (Å²) in [4.78, 5) is 29.1. The van der Waals surface area contributed by atoms with Crippen LogP contribution in [0.25, 0.3) is 22.8 Å². The number of hydrogen-bond acceptors (Lipinski definition) is 15. The molecule has 0 N–H and O–H groups in total. The van der Waals surface area contributed by atoms with E-state index in [1.165, 1.54) is 34.7 Å². The number of aromatic nitrogens is 7. The van der Waals surface area contributed by atoms with Gasteiger partial charge in [0, 0.05) is 48.9 Å². The predicted octanol–water partition coefficient (Wildman–Crippen LogP) is 8.15. The van der Waals surface area contributed by atoms with Gasteiger partial charge in [0.15, 0.2) is 0 Å². The van der Waals surface area contributed by atoms with Crippen LogP contribution in [-0.4, -0.2) is 78.7 Å². The maximum atomic E-state index is 12.2. The lowest BCUT2D eigenvalue weighted by Gasteiger charge is -2.06. The Morgan fingerprint density at radius 2 is 1.02 bits per heavy atom. The van der Waals surface area contributed by atoms with Crippen LogP contribution in [0.1, 0.15) is 36.8 Å². The maximum Gasteiger partial charge on any atom is 0.306 e. The molecule has 5 aromatic rings. The second-order valence-corrected chi connectivity index (χ2v) is 18.1. The van der Waals surface area contributed by atoms with E-state index in [-0.39, 0.29) is 11.9 Å². The summed E-state index contributed by atoms with van der Waals surface area (Å²) in [6.07, 6.45) is 5.45. The van der Waals surface area contributed by atoms with Crippen molar-refractivity contribution < 1.29 is 19.1 Å². The second kappa shape index (κ2) is 23.3. The molecule has 0 aliphatic heterocycles. The molecule has 3 heterocycles. The van der Waals surface area contributed by atoms with E-state index in [4.69, 9.17) is 38.9 Å². The lowest BCUT2D eigenvalue weighted by molar-refractivity contribution is -0.144. The Bertz CT molecular complexity index is 1810. The molecular weight excluding hydrogens is 799 g/mol. The molecule has 0 unspecified atom stereocenters. The number of carbonyl (C=O) groups is 2. The summed E-state index contributed by atoms with van der Waals surface area (Å²) in [5.41, 5.74) is 4.98. The highest BCUT2D eigenvalue weighted by Crippen LogP contribution is 2.24. The van der Waals surface area contributed by atoms with Crippen molar-refractivity contribution in [3.63, 3.8) is 0 Å². The van der Waals surface area contributed by atoms with E-state index in [0.717, 1.165) is 18.6 Å². The Morgan fingerprint density at radius 3 is 1.46 bits per heavy atom. The van der Waals surface area contributed by atoms with E-state index in [0.29, 0.717) is 86.3 Å². The van der Waals surface area contributed by atoms with Crippen molar-refractivity contribution in [3.05, 3.63) is 102 Å². The van der Waals surface area contributed by atoms with Crippen LogP contribution in [0.2, 0.25) is 0 Å². The molecule has 0 saturated carbocycles. The molecule has 0 radical (unpaired) electrons. The summed E-state index contributed by atoms with van der Waals surface area (Å²) in [5.74, 6) is 2.35. The number of carbonyl (C=O) groups excluding carboxylic acids is 2. The van der Waals surface area contributed by atoms with Crippen molar-refractivity contribution in [2.24, 2.45) is 0 Å². The molecule has 0 bridgehead atoms. The van der Waals surface area contributed by atoms with Gasteiger partial charge in [0.05, 0.1) is 49.8 Å². The fraction of sp³-hybridized carbons (Fsp3) is 0.324. The molecule has 5 rings (SSSR count). The minimum atomic E-state index is -0.241. The van der Waals surface area contributed by atoms with Gasteiger partial charge in [0.2, 0.25) is 0 Å². The molecule has 0 amide bonds. The molecule has 2 aromatic carbocycles. The molecule has 0 spiro atoms. The van der Waals surface area contributed by atoms with E-state index < -0.39 is 0 Å². The normalized spacial score (nSPS) is 11.0. The summed E-state index contributed by atoms with van der Waals surface area (Å²) in [5, 5.41) is 17.0. The number of nitrogens with zero attached hydrogens (tertiary/aromatic N) is 7. The molecule has 17 heteroatoms. The number of esters is 2. The zero-order valence-corrected chi connectivity index (χ0v) is 34.3. The minimum Gasteiger partial charge on any atom is -0.466 e. The number of rotatable bonds is 20. The molecule has 0 saturated heterocycles. The van der Waals surface area contributed by atoms with Crippen LogP contribution in [0.5, 0.6) is 0 Å². The van der Waals surface area contributed by atoms with Gasteiger partial charge < -0.3 is 9.47 Å². The Morgan fingerprint density at radius 1 is 0.574 bits per heavy atom. The quantitative estimate of drug-likeness (QED) is 0.0425. The number of benzene rings is 2. The van der Waals surface area contributed by atoms with Crippen molar-refractivity contribution in [2.75, 3.05) is 24.7 Å². The molecule has 11 nitrogen and oxygen atoms in total. The third-order valence-electron chi connectivity index (χ3n) is 7.39. The summed E-state index contributed by atoms with van der Waals surface area (Å²) >= 11 is 17.1. The Hall–Kier alpha value is -3.61. The van der Waals surface area contributed by atoms with Gasteiger partial charge in [-0.1, -0.05) is 102 Å². The van der Waals surface area contributed by atoms with Crippen LogP contribution >= 0.6 is 71.5 Å². The Balaban J connectivity index is 0.935. The monoisotopic (exact) mass is 837 g/mol. The van der Waals surface area contributed by atoms with Crippen molar-refractivity contribution in [1.82, 2.24) is 35.0 Å². The van der Waals surface area contributed by atoms with Gasteiger partial charge in [-0.2, -0.15) is 0 Å². The molecule has 54 heavy (non-hydrogen) atoms. The van der Waals surface area contributed by atoms with Crippen LogP contribution < -0.4 is 0 Å². The van der Waals surface area contributed by atoms with E-state index in [2.05, 4.69) is 44.9 Å². The first kappa shape index (κ1) is 41.6. The molecule has 3 aromatic heterocycles. The minimum absolute atomic E-state index is 0.241. The van der Waals surface area contributed by atoms with Gasteiger partial charge in [0.1, 0.15) is 18.4 Å². The number of thiocarbonyl (C=S) groups is 2. The highest BCUT2D eigenvalue weighted by molar-refractivity contribution is 8.47. The van der Waals surface area contributed by atoms with E-state index in [1.807, 2.05) is 67.0 Å². The average molecular weight is 838 g/mol. The van der Waals surface area contributed by atoms with Gasteiger partial charge in [0.25, 0.3) is 0 Å². The Kier molecular flexibility index (Phi) is 18.0. The first-order chi connectivity index (χ1) is 26.4. The van der Waals surface area contributed by atoms with Crippen LogP contribution in [0.4, 0.5) is 0 Å². The molecule has 0 atom stereocenters. The van der Waals surface area contributed by atoms with Crippen molar-refractivity contribution in [1.29, 1.82) is 0 Å². The smallest absolute Gasteiger partial charge is 0.306 e. The predicted molar refractivity (Wildman–Crippen MR) is 228 cm³/mol. The van der Waals surface area contributed by atoms with Crippen LogP contribution in [-0.2, 0) is 43.7 Å². The summed E-state index contributed by atoms with van der Waals surface area (Å²) in [7, 11) is 0. The van der Waals surface area contributed by atoms with Crippen molar-refractivity contribution in [3.8, 4) is 22.8 Å². The van der Waals surface area contributed by atoms with E-state index >= 15 is 0 Å². The van der Waals surface area contributed by atoms with Gasteiger partial charge in [-0.05, 0) is 23.3 Å². The molecular formula is C37H39N7O4S6.